The lowest BCUT2D eigenvalue weighted by Gasteiger charge is -2.15. The fourth-order valence-electron chi connectivity index (χ4n) is 1.72. The third-order valence-corrected chi connectivity index (χ3v) is 3.33. The van der Waals surface area contributed by atoms with E-state index >= 15 is 0 Å². The van der Waals surface area contributed by atoms with Crippen molar-refractivity contribution in [1.82, 2.24) is 0 Å². The van der Waals surface area contributed by atoms with Gasteiger partial charge in [0.05, 0.1) is 6.54 Å². The molecule has 1 aromatic carbocycles. The summed E-state index contributed by atoms with van der Waals surface area (Å²) < 4.78 is 4.88. The number of amides is 2. The van der Waals surface area contributed by atoms with Gasteiger partial charge in [-0.3, -0.25) is 9.69 Å². The molecular weight excluding hydrogens is 268 g/mol. The molecule has 0 saturated carbocycles. The Labute approximate surface area is 116 Å². The van der Waals surface area contributed by atoms with Crippen LogP contribution in [0.15, 0.2) is 24.3 Å². The first-order valence-corrected chi connectivity index (χ1v) is 6.56. The average Bonchev–Trinajstić information content (AvgIpc) is 2.84. The summed E-state index contributed by atoms with van der Waals surface area (Å²) in [6, 6.07) is 7.09. The lowest BCUT2D eigenvalue weighted by atomic mass is 10.2. The van der Waals surface area contributed by atoms with Crippen molar-refractivity contribution in [2.24, 2.45) is 5.92 Å². The van der Waals surface area contributed by atoms with Gasteiger partial charge in [-0.2, -0.15) is 0 Å². The van der Waals surface area contributed by atoms with E-state index in [0.29, 0.717) is 24.5 Å². The summed E-state index contributed by atoms with van der Waals surface area (Å²) in [4.78, 5) is 24.7. The molecule has 1 fully saturated rings. The molecule has 1 saturated heterocycles. The van der Waals surface area contributed by atoms with Crippen LogP contribution in [-0.4, -0.2) is 31.0 Å². The number of alkyl halides is 1. The maximum atomic E-state index is 11.7. The van der Waals surface area contributed by atoms with Crippen LogP contribution in [0, 0.1) is 5.92 Å². The molecule has 1 heterocycles. The summed E-state index contributed by atoms with van der Waals surface area (Å²) in [6.45, 7) is 2.66. The second kappa shape index (κ2) is 5.93. The van der Waals surface area contributed by atoms with E-state index in [-0.39, 0.29) is 23.8 Å². The summed E-state index contributed by atoms with van der Waals surface area (Å²) >= 11 is 5.64. The minimum atomic E-state index is -0.363. The van der Waals surface area contributed by atoms with Crippen LogP contribution < -0.4 is 10.2 Å². The van der Waals surface area contributed by atoms with Crippen LogP contribution in [0.3, 0.4) is 0 Å². The van der Waals surface area contributed by atoms with Gasteiger partial charge in [0, 0.05) is 23.2 Å². The molecule has 1 aromatic rings. The number of hydrogen-bond donors (Lipinski definition) is 1. The molecule has 6 heteroatoms. The van der Waals surface area contributed by atoms with Crippen LogP contribution in [0.25, 0.3) is 0 Å². The van der Waals surface area contributed by atoms with Gasteiger partial charge in [0.1, 0.15) is 6.61 Å². The van der Waals surface area contributed by atoms with E-state index in [2.05, 4.69) is 5.32 Å². The van der Waals surface area contributed by atoms with Gasteiger partial charge in [-0.15, -0.1) is 11.6 Å². The minimum absolute atomic E-state index is 0.142. The first-order chi connectivity index (χ1) is 9.11. The Balaban J connectivity index is 2.11. The molecule has 1 atom stereocenters. The number of anilines is 2. The lowest BCUT2D eigenvalue weighted by molar-refractivity contribution is -0.118. The molecule has 102 valence electrons. The van der Waals surface area contributed by atoms with Gasteiger partial charge < -0.3 is 10.1 Å². The van der Waals surface area contributed by atoms with Gasteiger partial charge in [-0.05, 0) is 18.2 Å². The van der Waals surface area contributed by atoms with Gasteiger partial charge in [0.2, 0.25) is 5.91 Å². The van der Waals surface area contributed by atoms with Crippen LogP contribution in [0.4, 0.5) is 16.2 Å². The van der Waals surface area contributed by atoms with Gasteiger partial charge in [-0.1, -0.05) is 13.0 Å². The second-order valence-corrected chi connectivity index (χ2v) is 4.67. The lowest BCUT2D eigenvalue weighted by Crippen LogP contribution is -2.24. The van der Waals surface area contributed by atoms with Gasteiger partial charge in [0.15, 0.2) is 0 Å². The molecule has 0 bridgehead atoms. The van der Waals surface area contributed by atoms with Crippen molar-refractivity contribution in [2.45, 2.75) is 6.92 Å². The third kappa shape index (κ3) is 3.17. The fourth-order valence-corrected chi connectivity index (χ4v) is 1.86. The van der Waals surface area contributed by atoms with Crippen molar-refractivity contribution >= 4 is 35.0 Å². The predicted molar refractivity (Wildman–Crippen MR) is 73.6 cm³/mol. The Bertz CT molecular complexity index is 493. The van der Waals surface area contributed by atoms with Gasteiger partial charge >= 0.3 is 6.09 Å². The van der Waals surface area contributed by atoms with Gasteiger partial charge in [-0.25, -0.2) is 4.79 Å². The van der Waals surface area contributed by atoms with Crippen LogP contribution in [0.1, 0.15) is 6.92 Å². The predicted octanol–water partition coefficient (Wildman–Crippen LogP) is 2.46. The normalized spacial score (nSPS) is 16.1. The monoisotopic (exact) mass is 282 g/mol. The smallest absolute Gasteiger partial charge is 0.414 e. The average molecular weight is 283 g/mol. The Kier molecular flexibility index (Phi) is 4.27. The largest absolute Gasteiger partial charge is 0.447 e. The van der Waals surface area contributed by atoms with Crippen molar-refractivity contribution in [3.63, 3.8) is 0 Å². The number of cyclic esters (lactones) is 1. The molecule has 1 unspecified atom stereocenters. The van der Waals surface area contributed by atoms with E-state index in [1.807, 2.05) is 0 Å². The van der Waals surface area contributed by atoms with E-state index in [9.17, 15) is 9.59 Å². The Morgan fingerprint density at radius 2 is 2.37 bits per heavy atom. The number of ether oxygens (including phenoxy) is 1. The van der Waals surface area contributed by atoms with E-state index in [1.165, 1.54) is 4.90 Å². The second-order valence-electron chi connectivity index (χ2n) is 4.36. The van der Waals surface area contributed by atoms with Crippen molar-refractivity contribution in [2.75, 3.05) is 29.2 Å². The summed E-state index contributed by atoms with van der Waals surface area (Å²) in [5.41, 5.74) is 1.35. The number of nitrogens with one attached hydrogen (secondary N) is 1. The zero-order valence-electron chi connectivity index (χ0n) is 10.6. The molecule has 1 aliphatic rings. The van der Waals surface area contributed by atoms with E-state index in [1.54, 1.807) is 31.2 Å². The molecule has 1 N–H and O–H groups in total. The third-order valence-electron chi connectivity index (χ3n) is 2.87. The highest BCUT2D eigenvalue weighted by Gasteiger charge is 2.23. The molecule has 0 radical (unpaired) electrons. The van der Waals surface area contributed by atoms with Crippen molar-refractivity contribution in [3.8, 4) is 0 Å². The quantitative estimate of drug-likeness (QED) is 0.863. The standard InChI is InChI=1S/C13H15ClN2O3/c1-9(8-14)12(17)15-10-3-2-4-11(7-10)16-5-6-19-13(16)18/h2-4,7,9H,5-6,8H2,1H3,(H,15,17). The minimum Gasteiger partial charge on any atom is -0.447 e. The number of rotatable bonds is 4. The van der Waals surface area contributed by atoms with Gasteiger partial charge in [0.25, 0.3) is 0 Å². The number of carbonyl (C=O) groups excluding carboxylic acids is 2. The summed E-state index contributed by atoms with van der Waals surface area (Å²) in [7, 11) is 0. The Hall–Kier alpha value is -1.75. The summed E-state index contributed by atoms with van der Waals surface area (Å²) in [6.07, 6.45) is -0.363. The fraction of sp³-hybridized carbons (Fsp3) is 0.385. The summed E-state index contributed by atoms with van der Waals surface area (Å²) in [5.74, 6) is -0.137. The van der Waals surface area contributed by atoms with Crippen molar-refractivity contribution < 1.29 is 14.3 Å². The highest BCUT2D eigenvalue weighted by Crippen LogP contribution is 2.22. The molecular formula is C13H15ClN2O3. The molecule has 1 aliphatic heterocycles. The molecule has 0 spiro atoms. The molecule has 2 rings (SSSR count). The molecule has 0 aromatic heterocycles. The first kappa shape index (κ1) is 13.7. The molecule has 19 heavy (non-hydrogen) atoms. The Morgan fingerprint density at radius 1 is 1.58 bits per heavy atom. The molecule has 0 aliphatic carbocycles. The van der Waals surface area contributed by atoms with E-state index in [4.69, 9.17) is 16.3 Å². The first-order valence-electron chi connectivity index (χ1n) is 6.03. The van der Waals surface area contributed by atoms with Crippen molar-refractivity contribution in [1.29, 1.82) is 0 Å². The molecule has 2 amide bonds. The van der Waals surface area contributed by atoms with E-state index < -0.39 is 0 Å². The number of benzene rings is 1. The van der Waals surface area contributed by atoms with E-state index in [0.717, 1.165) is 0 Å². The highest BCUT2D eigenvalue weighted by atomic mass is 35.5. The SMILES string of the molecule is CC(CCl)C(=O)Nc1cccc(N2CCOC2=O)c1. The number of nitrogens with zero attached hydrogens (tertiary/aromatic N) is 1. The van der Waals surface area contributed by atoms with Crippen LogP contribution >= 0.6 is 11.6 Å². The van der Waals surface area contributed by atoms with Crippen LogP contribution in [0.2, 0.25) is 0 Å². The topological polar surface area (TPSA) is 58.6 Å². The zero-order chi connectivity index (χ0) is 13.8. The maximum Gasteiger partial charge on any atom is 0.414 e. The number of hydrogen-bond acceptors (Lipinski definition) is 3. The number of carbonyl (C=O) groups is 2. The van der Waals surface area contributed by atoms with Crippen LogP contribution in [-0.2, 0) is 9.53 Å². The molecule has 5 nitrogen and oxygen atoms in total. The van der Waals surface area contributed by atoms with Crippen LogP contribution in [0.5, 0.6) is 0 Å². The highest BCUT2D eigenvalue weighted by molar-refractivity contribution is 6.19. The van der Waals surface area contributed by atoms with Crippen molar-refractivity contribution in [3.05, 3.63) is 24.3 Å². The zero-order valence-corrected chi connectivity index (χ0v) is 11.3. The maximum absolute atomic E-state index is 11.7. The Morgan fingerprint density at radius 3 is 3.00 bits per heavy atom. The number of halogens is 1. The summed E-state index contributed by atoms with van der Waals surface area (Å²) in [5, 5.41) is 2.77.